The van der Waals surface area contributed by atoms with Crippen molar-refractivity contribution >= 4 is 6.01 Å². The van der Waals surface area contributed by atoms with Gasteiger partial charge in [-0.2, -0.15) is 4.98 Å². The summed E-state index contributed by atoms with van der Waals surface area (Å²) >= 11 is 0. The third-order valence-electron chi connectivity index (χ3n) is 2.34. The summed E-state index contributed by atoms with van der Waals surface area (Å²) in [6.07, 6.45) is 1.01. The minimum atomic E-state index is -0.386. The quantitative estimate of drug-likeness (QED) is 0.753. The van der Waals surface area contributed by atoms with Crippen LogP contribution in [0.3, 0.4) is 0 Å². The largest absolute Gasteiger partial charge is 0.432 e. The lowest BCUT2D eigenvalue weighted by Gasteiger charge is -2.31. The maximum atomic E-state index is 5.31. The Morgan fingerprint density at radius 2 is 2.25 bits per heavy atom. The van der Waals surface area contributed by atoms with E-state index in [-0.39, 0.29) is 12.6 Å². The summed E-state index contributed by atoms with van der Waals surface area (Å²) in [7, 11) is 3.55. The molecule has 0 bridgehead atoms. The highest BCUT2D eigenvalue weighted by Gasteiger charge is 2.31. The van der Waals surface area contributed by atoms with Gasteiger partial charge in [0.05, 0.1) is 6.61 Å². The second kappa shape index (κ2) is 4.82. The zero-order valence-corrected chi connectivity index (χ0v) is 9.67. The van der Waals surface area contributed by atoms with Gasteiger partial charge in [0.1, 0.15) is 12.0 Å². The molecule has 1 aliphatic rings. The third kappa shape index (κ3) is 2.34. The molecule has 16 heavy (non-hydrogen) atoms. The molecule has 1 aliphatic heterocycles. The SMILES string of the molecule is COCCN(C)c1nc(C2OC(C)O2)co1. The normalized spacial score (nSPS) is 24.2. The molecule has 0 aliphatic carbocycles. The zero-order chi connectivity index (χ0) is 11.5. The molecule has 1 saturated heterocycles. The Bertz CT molecular complexity index is 335. The predicted molar refractivity (Wildman–Crippen MR) is 56.0 cm³/mol. The van der Waals surface area contributed by atoms with Gasteiger partial charge in [-0.05, 0) is 6.92 Å². The van der Waals surface area contributed by atoms with E-state index in [0.717, 1.165) is 6.54 Å². The number of ether oxygens (including phenoxy) is 3. The van der Waals surface area contributed by atoms with Gasteiger partial charge in [0.2, 0.25) is 6.29 Å². The molecule has 1 aromatic rings. The van der Waals surface area contributed by atoms with Crippen molar-refractivity contribution in [3.05, 3.63) is 12.0 Å². The van der Waals surface area contributed by atoms with E-state index in [1.807, 2.05) is 18.9 Å². The van der Waals surface area contributed by atoms with Crippen LogP contribution in [0.2, 0.25) is 0 Å². The van der Waals surface area contributed by atoms with Crippen LogP contribution in [0.5, 0.6) is 0 Å². The highest BCUT2D eigenvalue weighted by molar-refractivity contribution is 5.25. The van der Waals surface area contributed by atoms with E-state index in [1.54, 1.807) is 13.4 Å². The van der Waals surface area contributed by atoms with E-state index >= 15 is 0 Å². The molecule has 1 fully saturated rings. The highest BCUT2D eigenvalue weighted by Crippen LogP contribution is 2.31. The summed E-state index contributed by atoms with van der Waals surface area (Å²) in [4.78, 5) is 6.14. The first-order valence-electron chi connectivity index (χ1n) is 5.17. The maximum Gasteiger partial charge on any atom is 0.297 e. The van der Waals surface area contributed by atoms with E-state index in [9.17, 15) is 0 Å². The zero-order valence-electron chi connectivity index (χ0n) is 9.67. The topological polar surface area (TPSA) is 57.0 Å². The van der Waals surface area contributed by atoms with Gasteiger partial charge in [-0.3, -0.25) is 0 Å². The van der Waals surface area contributed by atoms with Crippen LogP contribution in [-0.2, 0) is 14.2 Å². The van der Waals surface area contributed by atoms with E-state index < -0.39 is 0 Å². The predicted octanol–water partition coefficient (Wildman–Crippen LogP) is 1.15. The van der Waals surface area contributed by atoms with Crippen molar-refractivity contribution in [2.45, 2.75) is 19.5 Å². The molecule has 90 valence electrons. The number of methoxy groups -OCH3 is 1. The first-order chi connectivity index (χ1) is 7.70. The number of likely N-dealkylation sites (N-methyl/N-ethyl adjacent to an activating group) is 1. The summed E-state index contributed by atoms with van der Waals surface area (Å²) in [6.45, 7) is 3.18. The standard InChI is InChI=1S/C10H16N2O4/c1-7-15-9(16-7)8-6-14-10(11-8)12(2)4-5-13-3/h6-7,9H,4-5H2,1-3H3. The van der Waals surface area contributed by atoms with Crippen molar-refractivity contribution in [3.8, 4) is 0 Å². The number of nitrogens with zero attached hydrogens (tertiary/aromatic N) is 2. The fourth-order valence-corrected chi connectivity index (χ4v) is 1.38. The maximum absolute atomic E-state index is 5.31. The van der Waals surface area contributed by atoms with Crippen LogP contribution in [0, 0.1) is 0 Å². The Labute approximate surface area is 94.1 Å². The van der Waals surface area contributed by atoms with Crippen molar-refractivity contribution in [3.63, 3.8) is 0 Å². The number of hydrogen-bond donors (Lipinski definition) is 0. The lowest BCUT2D eigenvalue weighted by molar-refractivity contribution is -0.383. The van der Waals surface area contributed by atoms with Crippen molar-refractivity contribution in [2.75, 3.05) is 32.2 Å². The van der Waals surface area contributed by atoms with Crippen molar-refractivity contribution < 1.29 is 18.6 Å². The Kier molecular flexibility index (Phi) is 3.42. The fraction of sp³-hybridized carbons (Fsp3) is 0.700. The fourth-order valence-electron chi connectivity index (χ4n) is 1.38. The van der Waals surface area contributed by atoms with Gasteiger partial charge in [-0.25, -0.2) is 0 Å². The monoisotopic (exact) mass is 228 g/mol. The van der Waals surface area contributed by atoms with Gasteiger partial charge in [0.15, 0.2) is 6.29 Å². The molecule has 0 radical (unpaired) electrons. The molecule has 0 aromatic carbocycles. The minimum Gasteiger partial charge on any atom is -0.432 e. The number of aromatic nitrogens is 1. The van der Waals surface area contributed by atoms with Crippen LogP contribution in [-0.4, -0.2) is 38.6 Å². The van der Waals surface area contributed by atoms with Gasteiger partial charge in [0, 0.05) is 20.7 Å². The first kappa shape index (κ1) is 11.4. The van der Waals surface area contributed by atoms with Gasteiger partial charge in [-0.1, -0.05) is 0 Å². The molecule has 0 unspecified atom stereocenters. The molecule has 0 N–H and O–H groups in total. The van der Waals surface area contributed by atoms with E-state index in [1.165, 1.54) is 0 Å². The van der Waals surface area contributed by atoms with E-state index in [0.29, 0.717) is 18.3 Å². The lowest BCUT2D eigenvalue weighted by Crippen LogP contribution is -2.31. The lowest BCUT2D eigenvalue weighted by atomic mass is 10.4. The summed E-state index contributed by atoms with van der Waals surface area (Å²) in [6, 6.07) is 0.541. The van der Waals surface area contributed by atoms with Crippen molar-refractivity contribution in [1.29, 1.82) is 0 Å². The minimum absolute atomic E-state index is 0.156. The number of hydrogen-bond acceptors (Lipinski definition) is 6. The van der Waals surface area contributed by atoms with Crippen molar-refractivity contribution in [1.82, 2.24) is 4.98 Å². The summed E-state index contributed by atoms with van der Waals surface area (Å²) < 4.78 is 20.9. The average Bonchev–Trinajstić information content (AvgIpc) is 2.70. The molecule has 6 nitrogen and oxygen atoms in total. The average molecular weight is 228 g/mol. The van der Waals surface area contributed by atoms with Crippen LogP contribution >= 0.6 is 0 Å². The van der Waals surface area contributed by atoms with Gasteiger partial charge >= 0.3 is 0 Å². The molecule has 6 heteroatoms. The van der Waals surface area contributed by atoms with E-state index in [4.69, 9.17) is 18.6 Å². The third-order valence-corrected chi connectivity index (χ3v) is 2.34. The molecule has 2 heterocycles. The molecule has 0 saturated carbocycles. The number of oxazole rings is 1. The molecule has 2 rings (SSSR count). The van der Waals surface area contributed by atoms with Gasteiger partial charge < -0.3 is 23.5 Å². The molecular formula is C10H16N2O4. The molecule has 1 aromatic heterocycles. The number of rotatable bonds is 5. The molecule has 0 amide bonds. The molecular weight excluding hydrogens is 212 g/mol. The van der Waals surface area contributed by atoms with Gasteiger partial charge in [-0.15, -0.1) is 0 Å². The Morgan fingerprint density at radius 1 is 1.50 bits per heavy atom. The van der Waals surface area contributed by atoms with E-state index in [2.05, 4.69) is 4.98 Å². The highest BCUT2D eigenvalue weighted by atomic mass is 16.9. The van der Waals surface area contributed by atoms with Crippen LogP contribution in [0.15, 0.2) is 10.7 Å². The van der Waals surface area contributed by atoms with Crippen molar-refractivity contribution in [2.24, 2.45) is 0 Å². The first-order valence-corrected chi connectivity index (χ1v) is 5.17. The van der Waals surface area contributed by atoms with Gasteiger partial charge in [0.25, 0.3) is 6.01 Å². The molecule has 0 spiro atoms. The second-order valence-electron chi connectivity index (χ2n) is 3.64. The van der Waals surface area contributed by atoms with Crippen LogP contribution in [0.25, 0.3) is 0 Å². The Hall–Kier alpha value is -1.11. The molecule has 0 atom stereocenters. The Balaban J connectivity index is 1.91. The summed E-state index contributed by atoms with van der Waals surface area (Å²) in [5.41, 5.74) is 0.664. The number of anilines is 1. The van der Waals surface area contributed by atoms with Crippen LogP contribution in [0.1, 0.15) is 18.9 Å². The smallest absolute Gasteiger partial charge is 0.297 e. The van der Waals surface area contributed by atoms with Crippen LogP contribution in [0.4, 0.5) is 6.01 Å². The second-order valence-corrected chi connectivity index (χ2v) is 3.64. The summed E-state index contributed by atoms with van der Waals surface area (Å²) in [5, 5.41) is 0. The summed E-state index contributed by atoms with van der Waals surface area (Å²) in [5.74, 6) is 0. The Morgan fingerprint density at radius 3 is 2.88 bits per heavy atom. The van der Waals surface area contributed by atoms with Crippen LogP contribution < -0.4 is 4.90 Å².